The number of alkyl carbamates (subject to hydrolysis) is 1. The third-order valence-corrected chi connectivity index (χ3v) is 5.83. The zero-order valence-corrected chi connectivity index (χ0v) is 22.0. The fourth-order valence-electron chi connectivity index (χ4n) is 4.04. The molecule has 0 saturated carbocycles. The van der Waals surface area contributed by atoms with Crippen molar-refractivity contribution in [2.45, 2.75) is 59.2 Å². The Balaban J connectivity index is 1.90. The minimum absolute atomic E-state index is 0.348. The van der Waals surface area contributed by atoms with Gasteiger partial charge < -0.3 is 20.3 Å². The van der Waals surface area contributed by atoms with Crippen LogP contribution in [0.5, 0.6) is 0 Å². The third kappa shape index (κ3) is 6.62. The molecule has 2 unspecified atom stereocenters. The SMILES string of the molecule is Cc1ccc(C)c(C(C(=O)Nc2ccc3ccccc3c2)N(C)C(=O)C(C)NC(=O)OC(C)(C)C)c1. The summed E-state index contributed by atoms with van der Waals surface area (Å²) in [5, 5.41) is 7.62. The molecule has 190 valence electrons. The van der Waals surface area contributed by atoms with Crippen LogP contribution in [0.15, 0.2) is 60.7 Å². The highest BCUT2D eigenvalue weighted by Crippen LogP contribution is 2.27. The van der Waals surface area contributed by atoms with Crippen LogP contribution in [0.25, 0.3) is 10.8 Å². The number of hydrogen-bond acceptors (Lipinski definition) is 4. The van der Waals surface area contributed by atoms with Crippen molar-refractivity contribution in [3.8, 4) is 0 Å². The lowest BCUT2D eigenvalue weighted by atomic mass is 9.96. The van der Waals surface area contributed by atoms with Gasteiger partial charge in [-0.15, -0.1) is 0 Å². The molecule has 3 aromatic rings. The molecule has 0 aliphatic rings. The monoisotopic (exact) mass is 489 g/mol. The number of carbonyl (C=O) groups is 3. The molecule has 36 heavy (non-hydrogen) atoms. The molecule has 0 aliphatic carbocycles. The van der Waals surface area contributed by atoms with Gasteiger partial charge in [0.25, 0.3) is 5.91 Å². The lowest BCUT2D eigenvalue weighted by Gasteiger charge is -2.31. The first-order valence-electron chi connectivity index (χ1n) is 12.0. The number of hydrogen-bond donors (Lipinski definition) is 2. The van der Waals surface area contributed by atoms with Gasteiger partial charge in [-0.2, -0.15) is 0 Å². The molecule has 0 fully saturated rings. The summed E-state index contributed by atoms with van der Waals surface area (Å²) in [5.74, 6) is -0.764. The lowest BCUT2D eigenvalue weighted by Crippen LogP contribution is -2.49. The molecule has 0 radical (unpaired) electrons. The molecular weight excluding hydrogens is 454 g/mol. The summed E-state index contributed by atoms with van der Waals surface area (Å²) in [6.45, 7) is 10.7. The zero-order valence-electron chi connectivity index (χ0n) is 22.0. The molecule has 0 spiro atoms. The van der Waals surface area contributed by atoms with Crippen LogP contribution in [0.3, 0.4) is 0 Å². The summed E-state index contributed by atoms with van der Waals surface area (Å²) in [6, 6.07) is 17.6. The van der Waals surface area contributed by atoms with Gasteiger partial charge in [0.15, 0.2) is 0 Å². The van der Waals surface area contributed by atoms with Gasteiger partial charge in [-0.3, -0.25) is 9.59 Å². The number of ether oxygens (including phenoxy) is 1. The van der Waals surface area contributed by atoms with E-state index in [0.29, 0.717) is 11.3 Å². The van der Waals surface area contributed by atoms with Crippen molar-refractivity contribution in [1.29, 1.82) is 0 Å². The largest absolute Gasteiger partial charge is 0.444 e. The quantitative estimate of drug-likeness (QED) is 0.478. The molecule has 2 atom stereocenters. The number of aryl methyl sites for hydroxylation is 2. The van der Waals surface area contributed by atoms with E-state index >= 15 is 0 Å². The number of nitrogens with one attached hydrogen (secondary N) is 2. The number of rotatable bonds is 6. The van der Waals surface area contributed by atoms with E-state index < -0.39 is 29.7 Å². The summed E-state index contributed by atoms with van der Waals surface area (Å²) in [4.78, 5) is 40.6. The van der Waals surface area contributed by atoms with Crippen LogP contribution in [0, 0.1) is 13.8 Å². The van der Waals surface area contributed by atoms with Crippen molar-refractivity contribution in [3.63, 3.8) is 0 Å². The number of amides is 3. The molecular formula is C29H35N3O4. The summed E-state index contributed by atoms with van der Waals surface area (Å²) < 4.78 is 5.28. The van der Waals surface area contributed by atoms with E-state index in [1.807, 2.05) is 74.5 Å². The predicted molar refractivity (Wildman–Crippen MR) is 143 cm³/mol. The Kier molecular flexibility index (Phi) is 8.03. The average Bonchev–Trinajstić information content (AvgIpc) is 2.79. The summed E-state index contributed by atoms with van der Waals surface area (Å²) in [6.07, 6.45) is -0.694. The second-order valence-corrected chi connectivity index (χ2v) is 10.1. The van der Waals surface area contributed by atoms with Gasteiger partial charge >= 0.3 is 6.09 Å². The lowest BCUT2D eigenvalue weighted by molar-refractivity contribution is -0.138. The minimum atomic E-state index is -0.910. The maximum Gasteiger partial charge on any atom is 0.408 e. The molecule has 0 saturated heterocycles. The second-order valence-electron chi connectivity index (χ2n) is 10.1. The van der Waals surface area contributed by atoms with E-state index in [9.17, 15) is 14.4 Å². The first-order valence-corrected chi connectivity index (χ1v) is 12.0. The van der Waals surface area contributed by atoms with E-state index in [-0.39, 0.29) is 5.91 Å². The Hall–Kier alpha value is -3.87. The first-order chi connectivity index (χ1) is 16.9. The normalized spacial score (nSPS) is 13.0. The molecule has 0 aromatic heterocycles. The summed E-state index contributed by atoms with van der Waals surface area (Å²) >= 11 is 0. The van der Waals surface area contributed by atoms with E-state index in [1.165, 1.54) is 4.90 Å². The molecule has 0 heterocycles. The third-order valence-electron chi connectivity index (χ3n) is 5.83. The van der Waals surface area contributed by atoms with Crippen LogP contribution >= 0.6 is 0 Å². The van der Waals surface area contributed by atoms with Crippen LogP contribution in [0.1, 0.15) is 50.4 Å². The number of nitrogens with zero attached hydrogens (tertiary/aromatic N) is 1. The van der Waals surface area contributed by atoms with Crippen molar-refractivity contribution < 1.29 is 19.1 Å². The molecule has 3 rings (SSSR count). The van der Waals surface area contributed by atoms with Gasteiger partial charge in [-0.1, -0.05) is 54.1 Å². The van der Waals surface area contributed by atoms with Gasteiger partial charge in [0.2, 0.25) is 5.91 Å². The van der Waals surface area contributed by atoms with E-state index in [0.717, 1.165) is 21.9 Å². The standard InChI is InChI=1S/C29H35N3O4/c1-18-12-13-19(2)24(16-18)25(32(7)27(34)20(3)30-28(35)36-29(4,5)6)26(33)31-23-15-14-21-10-8-9-11-22(21)17-23/h8-17,20,25H,1-7H3,(H,30,35)(H,31,33). The maximum atomic E-state index is 13.7. The van der Waals surface area contributed by atoms with Crippen LogP contribution in [0.4, 0.5) is 10.5 Å². The fraction of sp³-hybridized carbons (Fsp3) is 0.345. The number of anilines is 1. The minimum Gasteiger partial charge on any atom is -0.444 e. The molecule has 3 amide bonds. The maximum absolute atomic E-state index is 13.7. The van der Waals surface area contributed by atoms with E-state index in [2.05, 4.69) is 10.6 Å². The highest BCUT2D eigenvalue weighted by molar-refractivity contribution is 6.00. The summed E-state index contributed by atoms with van der Waals surface area (Å²) in [7, 11) is 1.57. The number of likely N-dealkylation sites (N-methyl/N-ethyl adjacent to an activating group) is 1. The zero-order chi connectivity index (χ0) is 26.6. The van der Waals surface area contributed by atoms with Gasteiger partial charge in [-0.25, -0.2) is 4.79 Å². The first kappa shape index (κ1) is 26.7. The molecule has 0 aliphatic heterocycles. The van der Waals surface area contributed by atoms with Gasteiger partial charge in [0.05, 0.1) is 0 Å². The van der Waals surface area contributed by atoms with Gasteiger partial charge in [0.1, 0.15) is 17.7 Å². The van der Waals surface area contributed by atoms with Crippen LogP contribution in [-0.2, 0) is 14.3 Å². The highest BCUT2D eigenvalue weighted by atomic mass is 16.6. The summed E-state index contributed by atoms with van der Waals surface area (Å²) in [5.41, 5.74) is 2.51. The van der Waals surface area contributed by atoms with Gasteiger partial charge in [0, 0.05) is 12.7 Å². The van der Waals surface area contributed by atoms with Crippen LogP contribution < -0.4 is 10.6 Å². The number of fused-ring (bicyclic) bond motifs is 1. The molecule has 2 N–H and O–H groups in total. The topological polar surface area (TPSA) is 87.7 Å². The van der Waals surface area contributed by atoms with Crippen molar-refractivity contribution in [1.82, 2.24) is 10.2 Å². The number of carbonyl (C=O) groups excluding carboxylic acids is 3. The molecule has 7 nitrogen and oxygen atoms in total. The van der Waals surface area contributed by atoms with Crippen molar-refractivity contribution in [2.24, 2.45) is 0 Å². The van der Waals surface area contributed by atoms with E-state index in [1.54, 1.807) is 34.7 Å². The average molecular weight is 490 g/mol. The fourth-order valence-corrected chi connectivity index (χ4v) is 4.04. The van der Waals surface area contributed by atoms with Crippen LogP contribution in [-0.4, -0.2) is 41.5 Å². The number of benzene rings is 3. The van der Waals surface area contributed by atoms with E-state index in [4.69, 9.17) is 4.74 Å². The Bertz CT molecular complexity index is 1280. The van der Waals surface area contributed by atoms with Crippen LogP contribution in [0.2, 0.25) is 0 Å². The molecule has 7 heteroatoms. The smallest absolute Gasteiger partial charge is 0.408 e. The van der Waals surface area contributed by atoms with Crippen molar-refractivity contribution in [3.05, 3.63) is 77.4 Å². The second kappa shape index (κ2) is 10.8. The van der Waals surface area contributed by atoms with Crippen molar-refractivity contribution >= 4 is 34.4 Å². The van der Waals surface area contributed by atoms with Crippen molar-refractivity contribution in [2.75, 3.05) is 12.4 Å². The predicted octanol–water partition coefficient (Wildman–Crippen LogP) is 5.51. The Morgan fingerprint density at radius 2 is 1.58 bits per heavy atom. The highest BCUT2D eigenvalue weighted by Gasteiger charge is 2.33. The molecule has 3 aromatic carbocycles. The Morgan fingerprint density at radius 3 is 2.25 bits per heavy atom. The molecule has 0 bridgehead atoms. The Morgan fingerprint density at radius 1 is 0.917 bits per heavy atom. The van der Waals surface area contributed by atoms with Gasteiger partial charge in [-0.05, 0) is 75.6 Å². The Labute approximate surface area is 212 Å².